The summed E-state index contributed by atoms with van der Waals surface area (Å²) in [5.41, 5.74) is 1.29. The van der Waals surface area contributed by atoms with Gasteiger partial charge in [0.25, 0.3) is 0 Å². The number of hydrogen-bond acceptors (Lipinski definition) is 7. The predicted molar refractivity (Wildman–Crippen MR) is 116 cm³/mol. The summed E-state index contributed by atoms with van der Waals surface area (Å²) in [7, 11) is 0. The molecule has 184 valence electrons. The minimum absolute atomic E-state index is 0.0920. The van der Waals surface area contributed by atoms with E-state index in [2.05, 4.69) is 13.8 Å². The van der Waals surface area contributed by atoms with Gasteiger partial charge in [-0.25, -0.2) is 4.79 Å². The van der Waals surface area contributed by atoms with Gasteiger partial charge in [0.1, 0.15) is 18.3 Å². The number of carbonyl (C=O) groups excluding carboxylic acids is 1. The summed E-state index contributed by atoms with van der Waals surface area (Å²) in [6.07, 6.45) is 1.24. The fraction of sp³-hybridized carbons (Fsp3) is 0.840. The number of aliphatic carboxylic acids is 1. The van der Waals surface area contributed by atoms with Gasteiger partial charge in [0.2, 0.25) is 0 Å². The average molecular weight is 465 g/mol. The minimum atomic E-state index is -1.72. The van der Waals surface area contributed by atoms with Gasteiger partial charge in [-0.3, -0.25) is 4.79 Å². The highest BCUT2D eigenvalue weighted by Gasteiger charge is 2.60. The maximum atomic E-state index is 12.0. The second-order valence-corrected chi connectivity index (χ2v) is 11.5. The van der Waals surface area contributed by atoms with Gasteiger partial charge in [-0.05, 0) is 79.6 Å². The second-order valence-electron chi connectivity index (χ2n) is 11.5. The number of ketones is 1. The highest BCUT2D eigenvalue weighted by molar-refractivity contribution is 5.91. The van der Waals surface area contributed by atoms with Crippen molar-refractivity contribution >= 4 is 11.8 Å². The molecule has 0 aromatic carbocycles. The van der Waals surface area contributed by atoms with E-state index in [1.807, 2.05) is 6.08 Å². The number of allylic oxidation sites excluding steroid dienone is 1. The van der Waals surface area contributed by atoms with Crippen LogP contribution in [-0.4, -0.2) is 69.0 Å². The molecule has 11 atom stereocenters. The van der Waals surface area contributed by atoms with Crippen molar-refractivity contribution in [3.05, 3.63) is 11.6 Å². The van der Waals surface area contributed by atoms with Crippen LogP contribution in [0.25, 0.3) is 0 Å². The van der Waals surface area contributed by atoms with E-state index in [0.29, 0.717) is 24.2 Å². The van der Waals surface area contributed by atoms with Crippen LogP contribution in [0.15, 0.2) is 11.6 Å². The van der Waals surface area contributed by atoms with Gasteiger partial charge in [-0.2, -0.15) is 0 Å². The van der Waals surface area contributed by atoms with Crippen LogP contribution in [0.1, 0.15) is 65.2 Å². The molecule has 8 heteroatoms. The molecule has 33 heavy (non-hydrogen) atoms. The van der Waals surface area contributed by atoms with E-state index in [0.717, 1.165) is 44.9 Å². The number of carboxylic acids is 1. The van der Waals surface area contributed by atoms with Gasteiger partial charge in [-0.15, -0.1) is 0 Å². The van der Waals surface area contributed by atoms with Gasteiger partial charge < -0.3 is 29.9 Å². The Morgan fingerprint density at radius 3 is 2.48 bits per heavy atom. The first-order valence-electron chi connectivity index (χ1n) is 12.4. The molecule has 1 heterocycles. The number of rotatable bonds is 3. The molecular weight excluding hydrogens is 428 g/mol. The van der Waals surface area contributed by atoms with Gasteiger partial charge >= 0.3 is 5.97 Å². The van der Waals surface area contributed by atoms with Crippen LogP contribution in [-0.2, 0) is 19.1 Å². The molecule has 3 saturated carbocycles. The summed E-state index contributed by atoms with van der Waals surface area (Å²) in [6.45, 7) is 4.58. The quantitative estimate of drug-likeness (QED) is 0.497. The number of ether oxygens (including phenoxy) is 2. The molecule has 5 rings (SSSR count). The largest absolute Gasteiger partial charge is 0.479 e. The monoisotopic (exact) mass is 464 g/mol. The smallest absolute Gasteiger partial charge is 0.335 e. The van der Waals surface area contributed by atoms with Crippen molar-refractivity contribution < 1.29 is 39.5 Å². The van der Waals surface area contributed by atoms with Crippen molar-refractivity contribution in [1.29, 1.82) is 0 Å². The van der Waals surface area contributed by atoms with E-state index in [-0.39, 0.29) is 22.7 Å². The Labute approximate surface area is 194 Å². The van der Waals surface area contributed by atoms with E-state index < -0.39 is 36.7 Å². The summed E-state index contributed by atoms with van der Waals surface area (Å²) >= 11 is 0. The first-order valence-corrected chi connectivity index (χ1v) is 12.4. The van der Waals surface area contributed by atoms with E-state index >= 15 is 0 Å². The third-order valence-electron chi connectivity index (χ3n) is 9.99. The Balaban J connectivity index is 1.34. The molecular formula is C25H36O8. The summed E-state index contributed by atoms with van der Waals surface area (Å²) in [5.74, 6) is 0.400. The third-order valence-corrected chi connectivity index (χ3v) is 9.99. The van der Waals surface area contributed by atoms with Crippen molar-refractivity contribution in [1.82, 2.24) is 0 Å². The van der Waals surface area contributed by atoms with E-state index in [4.69, 9.17) is 9.47 Å². The molecule has 5 unspecified atom stereocenters. The molecule has 0 aromatic heterocycles. The minimum Gasteiger partial charge on any atom is -0.479 e. The lowest BCUT2D eigenvalue weighted by Gasteiger charge is -2.58. The van der Waals surface area contributed by atoms with E-state index in [1.165, 1.54) is 5.57 Å². The zero-order chi connectivity index (χ0) is 23.7. The second kappa shape index (κ2) is 8.12. The van der Waals surface area contributed by atoms with Crippen LogP contribution >= 0.6 is 0 Å². The maximum absolute atomic E-state index is 12.0. The molecule has 4 N–H and O–H groups in total. The average Bonchev–Trinajstić information content (AvgIpc) is 3.10. The standard InChI is InChI=1S/C25H36O8/c1-24-9-7-13(26)11-12(24)3-4-14-15-5-6-17(25(15,2)10-8-16(14)24)32-23-20(29)18(27)19(28)21(33-23)22(30)31/h11,14-21,23,27-29H,3-10H2,1-2H3,(H,30,31)/t14-,15-,16-,17-,18?,19?,20?,21?,23?,24-,25-/m1/s1. The van der Waals surface area contributed by atoms with Crippen LogP contribution in [0, 0.1) is 28.6 Å². The summed E-state index contributed by atoms with van der Waals surface area (Å²) in [5, 5.41) is 39.9. The number of aliphatic hydroxyl groups is 3. The molecule has 0 bridgehead atoms. The van der Waals surface area contributed by atoms with Gasteiger partial charge in [0.05, 0.1) is 6.10 Å². The Bertz CT molecular complexity index is 855. The maximum Gasteiger partial charge on any atom is 0.335 e. The Hall–Kier alpha value is -1.32. The SMILES string of the molecule is C[C@@]12CC[C@@H]3[C@H](CCC4=CC(=O)CC[C@]43C)[C@H]1CC[C@H]2OC1OC(C(=O)O)C(O)C(O)C1O. The molecule has 0 radical (unpaired) electrons. The molecule has 8 nitrogen and oxygen atoms in total. The number of hydrogen-bond donors (Lipinski definition) is 4. The van der Waals surface area contributed by atoms with Gasteiger partial charge in [-0.1, -0.05) is 19.4 Å². The fourth-order valence-electron chi connectivity index (χ4n) is 8.06. The van der Waals surface area contributed by atoms with E-state index in [9.17, 15) is 30.0 Å². The zero-order valence-electron chi connectivity index (χ0n) is 19.4. The fourth-order valence-corrected chi connectivity index (χ4v) is 8.06. The van der Waals surface area contributed by atoms with Crippen LogP contribution in [0.2, 0.25) is 0 Å². The van der Waals surface area contributed by atoms with Crippen LogP contribution in [0.3, 0.4) is 0 Å². The molecule has 0 spiro atoms. The third kappa shape index (κ3) is 3.52. The number of carboxylic acid groups (broad SMARTS) is 1. The van der Waals surface area contributed by atoms with Crippen LogP contribution < -0.4 is 0 Å². The van der Waals surface area contributed by atoms with Gasteiger partial charge in [0.15, 0.2) is 18.2 Å². The lowest BCUT2D eigenvalue weighted by atomic mass is 9.47. The van der Waals surface area contributed by atoms with Crippen molar-refractivity contribution in [3.8, 4) is 0 Å². The highest BCUT2D eigenvalue weighted by atomic mass is 16.7. The van der Waals surface area contributed by atoms with Crippen LogP contribution in [0.5, 0.6) is 0 Å². The Morgan fingerprint density at radius 1 is 1.00 bits per heavy atom. The highest BCUT2D eigenvalue weighted by Crippen LogP contribution is 2.65. The Morgan fingerprint density at radius 2 is 1.76 bits per heavy atom. The number of aliphatic hydroxyl groups excluding tert-OH is 3. The molecule has 0 amide bonds. The molecule has 1 aliphatic heterocycles. The molecule has 0 aromatic rings. The predicted octanol–water partition coefficient (Wildman–Crippen LogP) is 1.80. The summed E-state index contributed by atoms with van der Waals surface area (Å²) in [4.78, 5) is 23.5. The normalized spacial score (nSPS) is 51.8. The molecule has 4 aliphatic carbocycles. The van der Waals surface area contributed by atoms with Crippen molar-refractivity contribution in [2.24, 2.45) is 28.6 Å². The van der Waals surface area contributed by atoms with Crippen LogP contribution in [0.4, 0.5) is 0 Å². The lowest BCUT2D eigenvalue weighted by Crippen LogP contribution is -2.61. The van der Waals surface area contributed by atoms with Crippen molar-refractivity contribution in [3.63, 3.8) is 0 Å². The summed E-state index contributed by atoms with van der Waals surface area (Å²) < 4.78 is 11.6. The summed E-state index contributed by atoms with van der Waals surface area (Å²) in [6, 6.07) is 0. The number of carbonyl (C=O) groups is 2. The molecule has 4 fully saturated rings. The van der Waals surface area contributed by atoms with Crippen molar-refractivity contribution in [2.45, 2.75) is 102 Å². The molecule has 1 saturated heterocycles. The molecule has 5 aliphatic rings. The zero-order valence-corrected chi connectivity index (χ0v) is 19.4. The first kappa shape index (κ1) is 23.4. The van der Waals surface area contributed by atoms with Gasteiger partial charge in [0, 0.05) is 6.42 Å². The first-order chi connectivity index (χ1) is 15.6. The Kier molecular flexibility index (Phi) is 5.77. The topological polar surface area (TPSA) is 134 Å². The lowest BCUT2D eigenvalue weighted by molar-refractivity contribution is -0.312. The number of fused-ring (bicyclic) bond motifs is 5. The van der Waals surface area contributed by atoms with E-state index in [1.54, 1.807) is 0 Å². The van der Waals surface area contributed by atoms with Crippen molar-refractivity contribution in [2.75, 3.05) is 0 Å².